The molecule has 4 aliphatic rings. The number of amides is 1. The Kier molecular flexibility index (Phi) is 3.46. The monoisotopic (exact) mass is 351 g/mol. The molecule has 2 heterocycles. The first kappa shape index (κ1) is 16.0. The number of aryl methyl sites for hydroxylation is 2. The van der Waals surface area contributed by atoms with E-state index >= 15 is 0 Å². The molecule has 2 aromatic rings. The van der Waals surface area contributed by atoms with Crippen LogP contribution in [-0.4, -0.2) is 25.9 Å². The molecule has 6 heteroatoms. The molecule has 0 atom stereocenters. The van der Waals surface area contributed by atoms with Crippen LogP contribution in [0.1, 0.15) is 49.9 Å². The highest BCUT2D eigenvalue weighted by atomic mass is 16.2. The van der Waals surface area contributed by atoms with Crippen molar-refractivity contribution in [2.45, 2.75) is 52.4 Å². The fraction of sp³-hybridized carbons (Fsp3) is 0.600. The molecule has 1 amide bonds. The highest BCUT2D eigenvalue weighted by Crippen LogP contribution is 2.60. The number of carbonyl (C=O) groups is 1. The van der Waals surface area contributed by atoms with E-state index in [0.717, 1.165) is 48.4 Å². The second-order valence-electron chi connectivity index (χ2n) is 8.77. The third-order valence-electron chi connectivity index (χ3n) is 6.59. The molecule has 26 heavy (non-hydrogen) atoms. The Morgan fingerprint density at radius 3 is 2.27 bits per heavy atom. The number of nitrogens with one attached hydrogen (secondary N) is 1. The van der Waals surface area contributed by atoms with Gasteiger partial charge in [-0.25, -0.2) is 0 Å². The molecule has 0 aromatic carbocycles. The van der Waals surface area contributed by atoms with E-state index in [4.69, 9.17) is 0 Å². The molecule has 6 rings (SSSR count). The van der Waals surface area contributed by atoms with E-state index < -0.39 is 0 Å². The van der Waals surface area contributed by atoms with Crippen molar-refractivity contribution in [1.29, 1.82) is 0 Å². The maximum Gasteiger partial charge on any atom is 0.231 e. The standard InChI is InChI=1S/C20H25N5O/c1-12-3-4-17(23-22-12)25-18(5-13(2)24-25)21-19(26)20-9-14-6-15(10-20)8-16(7-14)11-20/h3-5,14-16H,6-11H2,1-2H3,(H,21,26). The van der Waals surface area contributed by atoms with Crippen LogP contribution in [0, 0.1) is 37.0 Å². The van der Waals surface area contributed by atoms with Crippen LogP contribution < -0.4 is 5.32 Å². The topological polar surface area (TPSA) is 72.7 Å². The maximum atomic E-state index is 13.3. The van der Waals surface area contributed by atoms with E-state index in [1.807, 2.05) is 32.0 Å². The molecule has 4 bridgehead atoms. The Morgan fingerprint density at radius 2 is 1.69 bits per heavy atom. The first-order valence-corrected chi connectivity index (χ1v) is 9.70. The SMILES string of the molecule is Cc1ccc(-n2nc(C)cc2NC(=O)C23CC4CC(CC(C4)C2)C3)nn1. The number of carbonyl (C=O) groups excluding carboxylic acids is 1. The van der Waals surface area contributed by atoms with Crippen LogP contribution in [0.5, 0.6) is 0 Å². The summed E-state index contributed by atoms with van der Waals surface area (Å²) >= 11 is 0. The maximum absolute atomic E-state index is 13.3. The molecule has 4 aliphatic carbocycles. The Bertz CT molecular complexity index is 818. The molecule has 0 saturated heterocycles. The molecular weight excluding hydrogens is 326 g/mol. The molecule has 4 saturated carbocycles. The highest BCUT2D eigenvalue weighted by molar-refractivity contribution is 5.95. The molecule has 136 valence electrons. The molecule has 1 N–H and O–H groups in total. The van der Waals surface area contributed by atoms with Gasteiger partial charge in [0.25, 0.3) is 0 Å². The van der Waals surface area contributed by atoms with E-state index in [1.54, 1.807) is 4.68 Å². The largest absolute Gasteiger partial charge is 0.310 e. The molecule has 0 spiro atoms. The van der Waals surface area contributed by atoms with Crippen molar-refractivity contribution in [1.82, 2.24) is 20.0 Å². The first-order chi connectivity index (χ1) is 12.5. The minimum Gasteiger partial charge on any atom is -0.310 e. The zero-order chi connectivity index (χ0) is 17.9. The van der Waals surface area contributed by atoms with Crippen molar-refractivity contribution < 1.29 is 4.79 Å². The van der Waals surface area contributed by atoms with E-state index in [0.29, 0.717) is 11.6 Å². The Hall–Kier alpha value is -2.24. The fourth-order valence-corrected chi connectivity index (χ4v) is 5.91. The van der Waals surface area contributed by atoms with Gasteiger partial charge in [0, 0.05) is 6.07 Å². The first-order valence-electron chi connectivity index (χ1n) is 9.70. The lowest BCUT2D eigenvalue weighted by Gasteiger charge is -2.55. The smallest absolute Gasteiger partial charge is 0.231 e. The summed E-state index contributed by atoms with van der Waals surface area (Å²) in [5.41, 5.74) is 1.54. The van der Waals surface area contributed by atoms with Gasteiger partial charge in [-0.1, -0.05) is 0 Å². The molecular formula is C20H25N5O. The number of hydrogen-bond acceptors (Lipinski definition) is 4. The second-order valence-corrected chi connectivity index (χ2v) is 8.77. The van der Waals surface area contributed by atoms with E-state index in [2.05, 4.69) is 20.6 Å². The van der Waals surface area contributed by atoms with Crippen LogP contribution >= 0.6 is 0 Å². The van der Waals surface area contributed by atoms with E-state index in [1.165, 1.54) is 19.3 Å². The Morgan fingerprint density at radius 1 is 1.04 bits per heavy atom. The molecule has 6 nitrogen and oxygen atoms in total. The number of nitrogens with zero attached hydrogens (tertiary/aromatic N) is 4. The third-order valence-corrected chi connectivity index (χ3v) is 6.59. The number of rotatable bonds is 3. The molecule has 4 fully saturated rings. The van der Waals surface area contributed by atoms with Gasteiger partial charge < -0.3 is 5.32 Å². The van der Waals surface area contributed by atoms with Crippen molar-refractivity contribution in [2.75, 3.05) is 5.32 Å². The predicted octanol–water partition coefficient (Wildman–Crippen LogP) is 3.43. The zero-order valence-electron chi connectivity index (χ0n) is 15.4. The van der Waals surface area contributed by atoms with Crippen LogP contribution in [0.2, 0.25) is 0 Å². The van der Waals surface area contributed by atoms with Crippen LogP contribution in [0.4, 0.5) is 5.82 Å². The minimum absolute atomic E-state index is 0.170. The lowest BCUT2D eigenvalue weighted by atomic mass is 9.49. The van der Waals surface area contributed by atoms with Gasteiger partial charge in [-0.3, -0.25) is 4.79 Å². The average Bonchev–Trinajstić information content (AvgIpc) is 2.94. The molecule has 0 unspecified atom stereocenters. The Labute approximate surface area is 153 Å². The summed E-state index contributed by atoms with van der Waals surface area (Å²) in [5, 5.41) is 16.0. The summed E-state index contributed by atoms with van der Waals surface area (Å²) < 4.78 is 1.69. The summed E-state index contributed by atoms with van der Waals surface area (Å²) in [7, 11) is 0. The summed E-state index contributed by atoms with van der Waals surface area (Å²) in [5.74, 6) is 3.76. The number of anilines is 1. The van der Waals surface area contributed by atoms with E-state index in [9.17, 15) is 4.79 Å². The lowest BCUT2D eigenvalue weighted by molar-refractivity contribution is -0.140. The van der Waals surface area contributed by atoms with Crippen LogP contribution in [0.15, 0.2) is 18.2 Å². The van der Waals surface area contributed by atoms with Crippen molar-refractivity contribution in [2.24, 2.45) is 23.2 Å². The van der Waals surface area contributed by atoms with Gasteiger partial charge in [-0.05, 0) is 82.3 Å². The minimum atomic E-state index is -0.170. The lowest BCUT2D eigenvalue weighted by Crippen LogP contribution is -2.51. The molecule has 2 aromatic heterocycles. The fourth-order valence-electron chi connectivity index (χ4n) is 5.91. The summed E-state index contributed by atoms with van der Waals surface area (Å²) in [6.45, 7) is 3.83. The van der Waals surface area contributed by atoms with Gasteiger partial charge in [0.2, 0.25) is 5.91 Å². The molecule has 0 aliphatic heterocycles. The third kappa shape index (κ3) is 2.54. The van der Waals surface area contributed by atoms with Gasteiger partial charge in [0.15, 0.2) is 5.82 Å². The summed E-state index contributed by atoms with van der Waals surface area (Å²) in [4.78, 5) is 13.3. The number of hydrogen-bond donors (Lipinski definition) is 1. The second kappa shape index (κ2) is 5.63. The van der Waals surface area contributed by atoms with Gasteiger partial charge in [0.05, 0.1) is 16.8 Å². The highest BCUT2D eigenvalue weighted by Gasteiger charge is 2.54. The number of aromatic nitrogens is 4. The van der Waals surface area contributed by atoms with Crippen molar-refractivity contribution in [3.05, 3.63) is 29.6 Å². The van der Waals surface area contributed by atoms with E-state index in [-0.39, 0.29) is 11.3 Å². The quantitative estimate of drug-likeness (QED) is 0.919. The normalized spacial score (nSPS) is 32.0. The predicted molar refractivity (Wildman–Crippen MR) is 97.9 cm³/mol. The summed E-state index contributed by atoms with van der Waals surface area (Å²) in [6, 6.07) is 5.71. The van der Waals surface area contributed by atoms with Crippen LogP contribution in [0.25, 0.3) is 5.82 Å². The zero-order valence-corrected chi connectivity index (χ0v) is 15.4. The van der Waals surface area contributed by atoms with Crippen molar-refractivity contribution >= 4 is 11.7 Å². The van der Waals surface area contributed by atoms with Gasteiger partial charge in [0.1, 0.15) is 5.82 Å². The average molecular weight is 351 g/mol. The van der Waals surface area contributed by atoms with Gasteiger partial charge in [-0.2, -0.15) is 14.9 Å². The molecule has 0 radical (unpaired) electrons. The summed E-state index contributed by atoms with van der Waals surface area (Å²) in [6.07, 6.45) is 7.18. The Balaban J connectivity index is 1.43. The van der Waals surface area contributed by atoms with Crippen LogP contribution in [-0.2, 0) is 4.79 Å². The van der Waals surface area contributed by atoms with Crippen molar-refractivity contribution in [3.63, 3.8) is 0 Å². The van der Waals surface area contributed by atoms with Crippen molar-refractivity contribution in [3.8, 4) is 5.82 Å². The van der Waals surface area contributed by atoms with Gasteiger partial charge >= 0.3 is 0 Å². The van der Waals surface area contributed by atoms with Crippen LogP contribution in [0.3, 0.4) is 0 Å². The van der Waals surface area contributed by atoms with Gasteiger partial charge in [-0.15, -0.1) is 5.10 Å².